The van der Waals surface area contributed by atoms with Crippen LogP contribution in [0.2, 0.25) is 0 Å². The molecule has 0 aliphatic rings. The minimum Gasteiger partial charge on any atom is -0.618 e. The number of hydrogen-bond donors (Lipinski definition) is 0. The quantitative estimate of drug-likeness (QED) is 0.301. The van der Waals surface area contributed by atoms with Crippen LogP contribution in [0.1, 0.15) is 5.56 Å². The Kier molecular flexibility index (Phi) is 4.16. The van der Waals surface area contributed by atoms with Crippen molar-refractivity contribution in [1.82, 2.24) is 0 Å². The molecule has 0 spiro atoms. The molecule has 3 aromatic rings. The van der Waals surface area contributed by atoms with Gasteiger partial charge in [-0.15, -0.1) is 0 Å². The smallest absolute Gasteiger partial charge is 0.216 e. The zero-order chi connectivity index (χ0) is 15.2. The van der Waals surface area contributed by atoms with Gasteiger partial charge in [-0.25, -0.2) is 0 Å². The minimum atomic E-state index is 0.560. The van der Waals surface area contributed by atoms with Gasteiger partial charge in [0.05, 0.1) is 0 Å². The van der Waals surface area contributed by atoms with E-state index < -0.39 is 0 Å². The molecular weight excluding hydrogens is 274 g/mol. The van der Waals surface area contributed by atoms with Crippen LogP contribution in [0.15, 0.2) is 84.9 Å². The largest absolute Gasteiger partial charge is 0.618 e. The molecule has 0 heterocycles. The third-order valence-electron chi connectivity index (χ3n) is 3.14. The minimum absolute atomic E-state index is 0.560. The van der Waals surface area contributed by atoms with E-state index in [1.807, 2.05) is 60.7 Å². The second-order valence-electron chi connectivity index (χ2n) is 4.77. The fraction of sp³-hybridized carbons (Fsp3) is 0. The summed E-state index contributed by atoms with van der Waals surface area (Å²) in [5.74, 6) is 1.47. The van der Waals surface area contributed by atoms with Crippen molar-refractivity contribution in [1.29, 1.82) is 0 Å². The summed E-state index contributed by atoms with van der Waals surface area (Å²) in [4.78, 5) is 0. The van der Waals surface area contributed by atoms with Gasteiger partial charge in [0.2, 0.25) is 5.69 Å². The van der Waals surface area contributed by atoms with Gasteiger partial charge in [-0.1, -0.05) is 36.4 Å². The first kappa shape index (κ1) is 13.9. The maximum atomic E-state index is 12.1. The lowest BCUT2D eigenvalue weighted by atomic mass is 10.2. The van der Waals surface area contributed by atoms with Crippen LogP contribution in [0.4, 0.5) is 5.69 Å². The van der Waals surface area contributed by atoms with Crippen molar-refractivity contribution < 1.29 is 9.48 Å². The predicted molar refractivity (Wildman–Crippen MR) is 87.9 cm³/mol. The fourth-order valence-electron chi connectivity index (χ4n) is 2.03. The second-order valence-corrected chi connectivity index (χ2v) is 4.77. The summed E-state index contributed by atoms with van der Waals surface area (Å²) in [5.41, 5.74) is 1.42. The van der Waals surface area contributed by atoms with Crippen molar-refractivity contribution in [2.75, 3.05) is 0 Å². The molecule has 0 aliphatic heterocycles. The first-order valence-electron chi connectivity index (χ1n) is 7.00. The number of ether oxygens (including phenoxy) is 1. The lowest BCUT2D eigenvalue weighted by Gasteiger charge is -2.06. The highest BCUT2D eigenvalue weighted by Crippen LogP contribution is 2.23. The van der Waals surface area contributed by atoms with Crippen LogP contribution in [0.25, 0.3) is 0 Å². The molecule has 3 heteroatoms. The van der Waals surface area contributed by atoms with Crippen molar-refractivity contribution >= 4 is 11.9 Å². The van der Waals surface area contributed by atoms with E-state index in [0.717, 1.165) is 16.1 Å². The third kappa shape index (κ3) is 3.52. The van der Waals surface area contributed by atoms with E-state index in [2.05, 4.69) is 0 Å². The molecule has 3 rings (SSSR count). The average Bonchev–Trinajstić information content (AvgIpc) is 2.57. The molecular formula is C19H15NO2. The highest BCUT2D eigenvalue weighted by Gasteiger charge is 2.03. The van der Waals surface area contributed by atoms with E-state index in [1.165, 1.54) is 0 Å². The first-order valence-corrected chi connectivity index (χ1v) is 7.00. The highest BCUT2D eigenvalue weighted by molar-refractivity contribution is 5.76. The molecule has 0 bridgehead atoms. The summed E-state index contributed by atoms with van der Waals surface area (Å²) in [6, 6.07) is 26.1. The Bertz CT molecular complexity index is 750. The molecule has 3 aromatic carbocycles. The fourth-order valence-corrected chi connectivity index (χ4v) is 2.03. The van der Waals surface area contributed by atoms with E-state index >= 15 is 0 Å². The predicted octanol–water partition coefficient (Wildman–Crippen LogP) is 4.74. The third-order valence-corrected chi connectivity index (χ3v) is 3.14. The molecule has 0 radical (unpaired) electrons. The monoisotopic (exact) mass is 289 g/mol. The summed E-state index contributed by atoms with van der Waals surface area (Å²) >= 11 is 0. The second kappa shape index (κ2) is 6.59. The Morgan fingerprint density at radius 2 is 1.23 bits per heavy atom. The first-order chi connectivity index (χ1) is 10.8. The van der Waals surface area contributed by atoms with Crippen molar-refractivity contribution in [2.45, 2.75) is 0 Å². The molecule has 0 fully saturated rings. The number of rotatable bonds is 4. The van der Waals surface area contributed by atoms with Crippen LogP contribution in [0.3, 0.4) is 0 Å². The van der Waals surface area contributed by atoms with E-state index in [1.54, 1.807) is 30.5 Å². The van der Waals surface area contributed by atoms with Crippen molar-refractivity contribution in [3.63, 3.8) is 0 Å². The van der Waals surface area contributed by atoms with E-state index in [9.17, 15) is 5.21 Å². The lowest BCUT2D eigenvalue weighted by molar-refractivity contribution is -0.354. The Labute approximate surface area is 129 Å². The molecule has 0 atom stereocenters. The van der Waals surface area contributed by atoms with Gasteiger partial charge < -0.3 is 9.94 Å². The van der Waals surface area contributed by atoms with E-state index in [4.69, 9.17) is 4.74 Å². The molecule has 0 aliphatic carbocycles. The van der Waals surface area contributed by atoms with Crippen molar-refractivity contribution in [3.05, 3.63) is 95.7 Å². The maximum absolute atomic E-state index is 12.1. The van der Waals surface area contributed by atoms with Crippen LogP contribution in [0.5, 0.6) is 11.5 Å². The Hall–Kier alpha value is -3.07. The summed E-state index contributed by atoms with van der Waals surface area (Å²) in [6.07, 6.45) is 1.55. The van der Waals surface area contributed by atoms with Crippen molar-refractivity contribution in [3.8, 4) is 11.5 Å². The SMILES string of the molecule is [O-]/[N+](=C/c1ccccc1)c1ccc(Oc2ccccc2)cc1. The van der Waals surface area contributed by atoms with Crippen LogP contribution in [-0.4, -0.2) is 11.0 Å². The van der Waals surface area contributed by atoms with Gasteiger partial charge in [0.1, 0.15) is 11.5 Å². The molecule has 0 aromatic heterocycles. The van der Waals surface area contributed by atoms with Gasteiger partial charge in [-0.05, 0) is 36.4 Å². The standard InChI is InChI=1S/C19H15NO2/c21-20(15-16-7-3-1-4-8-16)17-11-13-19(14-12-17)22-18-9-5-2-6-10-18/h1-15H/b20-15+. The zero-order valence-electron chi connectivity index (χ0n) is 11.9. The molecule has 22 heavy (non-hydrogen) atoms. The zero-order valence-corrected chi connectivity index (χ0v) is 11.9. The maximum Gasteiger partial charge on any atom is 0.216 e. The van der Waals surface area contributed by atoms with Gasteiger partial charge in [-0.2, -0.15) is 4.74 Å². The highest BCUT2D eigenvalue weighted by atomic mass is 16.5. The number of benzene rings is 3. The van der Waals surface area contributed by atoms with Gasteiger partial charge in [0.15, 0.2) is 6.21 Å². The van der Waals surface area contributed by atoms with Crippen LogP contribution in [0, 0.1) is 5.21 Å². The number of hydrogen-bond acceptors (Lipinski definition) is 2. The van der Waals surface area contributed by atoms with Gasteiger partial charge in [-0.3, -0.25) is 0 Å². The van der Waals surface area contributed by atoms with Crippen molar-refractivity contribution in [2.24, 2.45) is 0 Å². The molecule has 0 unspecified atom stereocenters. The normalized spacial score (nSPS) is 11.2. The van der Waals surface area contributed by atoms with Crippen LogP contribution in [-0.2, 0) is 0 Å². The summed E-state index contributed by atoms with van der Waals surface area (Å²) < 4.78 is 6.55. The molecule has 0 saturated heterocycles. The Balaban J connectivity index is 1.75. The topological polar surface area (TPSA) is 35.3 Å². The molecule has 108 valence electrons. The van der Waals surface area contributed by atoms with Gasteiger partial charge >= 0.3 is 0 Å². The molecule has 0 saturated carbocycles. The summed E-state index contributed by atoms with van der Waals surface area (Å²) in [6.45, 7) is 0. The van der Waals surface area contributed by atoms with E-state index in [0.29, 0.717) is 11.4 Å². The Morgan fingerprint density at radius 3 is 1.86 bits per heavy atom. The molecule has 0 N–H and O–H groups in total. The van der Waals surface area contributed by atoms with Gasteiger partial charge in [0.25, 0.3) is 0 Å². The Morgan fingerprint density at radius 1 is 0.682 bits per heavy atom. The van der Waals surface area contributed by atoms with E-state index in [-0.39, 0.29) is 0 Å². The average molecular weight is 289 g/mol. The number of nitrogens with zero attached hydrogens (tertiary/aromatic N) is 1. The molecule has 3 nitrogen and oxygen atoms in total. The van der Waals surface area contributed by atoms with Gasteiger partial charge in [0, 0.05) is 17.7 Å². The van der Waals surface area contributed by atoms with Crippen LogP contribution >= 0.6 is 0 Å². The summed E-state index contributed by atoms with van der Waals surface area (Å²) in [5, 5.41) is 12.1. The summed E-state index contributed by atoms with van der Waals surface area (Å²) in [7, 11) is 0. The van der Waals surface area contributed by atoms with Crippen LogP contribution < -0.4 is 4.74 Å². The molecule has 0 amide bonds. The number of para-hydroxylation sites is 1. The lowest BCUT2D eigenvalue weighted by Crippen LogP contribution is -1.98.